The van der Waals surface area contributed by atoms with Crippen LogP contribution in [0.25, 0.3) is 0 Å². The molecule has 0 radical (unpaired) electrons. The number of nitrogens with zero attached hydrogens (tertiary/aromatic N) is 1. The van der Waals surface area contributed by atoms with E-state index in [0.29, 0.717) is 6.04 Å². The van der Waals surface area contributed by atoms with Gasteiger partial charge < -0.3 is 5.32 Å². The zero-order valence-electron chi connectivity index (χ0n) is 13.4. The second kappa shape index (κ2) is 7.49. The van der Waals surface area contributed by atoms with Crippen molar-refractivity contribution in [2.45, 2.75) is 66.5 Å². The summed E-state index contributed by atoms with van der Waals surface area (Å²) >= 11 is 0. The van der Waals surface area contributed by atoms with Crippen LogP contribution in [0, 0.1) is 17.8 Å². The Kier molecular flexibility index (Phi) is 6.65. The average molecular weight is 254 g/mol. The molecular weight excluding hydrogens is 220 g/mol. The molecule has 1 saturated heterocycles. The lowest BCUT2D eigenvalue weighted by Gasteiger charge is -2.43. The highest BCUT2D eigenvalue weighted by atomic mass is 15.2. The Morgan fingerprint density at radius 1 is 1.11 bits per heavy atom. The molecule has 3 unspecified atom stereocenters. The van der Waals surface area contributed by atoms with Gasteiger partial charge in [0.25, 0.3) is 0 Å². The van der Waals surface area contributed by atoms with Gasteiger partial charge in [0.05, 0.1) is 0 Å². The molecule has 3 atom stereocenters. The lowest BCUT2D eigenvalue weighted by molar-refractivity contribution is 0.0847. The summed E-state index contributed by atoms with van der Waals surface area (Å²) < 4.78 is 0. The molecule has 0 aromatic carbocycles. The standard InChI is InChI=1S/C16H34N2/c1-7-14(6)16-11-18(10-13(4)5)15(9-17-16)8-12(2)3/h12-17H,7-11H2,1-6H3. The van der Waals surface area contributed by atoms with Crippen LogP contribution in [0.4, 0.5) is 0 Å². The van der Waals surface area contributed by atoms with Gasteiger partial charge in [0.15, 0.2) is 0 Å². The summed E-state index contributed by atoms with van der Waals surface area (Å²) in [7, 11) is 0. The molecule has 2 nitrogen and oxygen atoms in total. The molecule has 0 aliphatic carbocycles. The van der Waals surface area contributed by atoms with E-state index in [-0.39, 0.29) is 0 Å². The molecule has 108 valence electrons. The van der Waals surface area contributed by atoms with E-state index in [1.54, 1.807) is 0 Å². The van der Waals surface area contributed by atoms with Gasteiger partial charge in [-0.15, -0.1) is 0 Å². The normalized spacial score (nSPS) is 28.0. The first kappa shape index (κ1) is 16.0. The van der Waals surface area contributed by atoms with Gasteiger partial charge in [0.2, 0.25) is 0 Å². The van der Waals surface area contributed by atoms with Crippen LogP contribution in [0.15, 0.2) is 0 Å². The van der Waals surface area contributed by atoms with E-state index in [1.807, 2.05) is 0 Å². The largest absolute Gasteiger partial charge is 0.311 e. The van der Waals surface area contributed by atoms with Crippen LogP contribution in [-0.2, 0) is 0 Å². The molecule has 18 heavy (non-hydrogen) atoms. The third-order valence-electron chi connectivity index (χ3n) is 4.24. The van der Waals surface area contributed by atoms with Gasteiger partial charge in [-0.25, -0.2) is 0 Å². The lowest BCUT2D eigenvalue weighted by Crippen LogP contribution is -2.59. The van der Waals surface area contributed by atoms with Gasteiger partial charge in [0, 0.05) is 31.7 Å². The van der Waals surface area contributed by atoms with Crippen molar-refractivity contribution in [3.63, 3.8) is 0 Å². The predicted molar refractivity (Wildman–Crippen MR) is 80.9 cm³/mol. The molecule has 1 rings (SSSR count). The molecule has 2 heteroatoms. The number of rotatable bonds is 6. The van der Waals surface area contributed by atoms with Crippen molar-refractivity contribution >= 4 is 0 Å². The fourth-order valence-corrected chi connectivity index (χ4v) is 3.02. The van der Waals surface area contributed by atoms with Crippen LogP contribution in [0.5, 0.6) is 0 Å². The maximum absolute atomic E-state index is 3.79. The van der Waals surface area contributed by atoms with E-state index in [9.17, 15) is 0 Å². The first-order valence-electron chi connectivity index (χ1n) is 7.91. The zero-order valence-corrected chi connectivity index (χ0v) is 13.4. The highest BCUT2D eigenvalue weighted by molar-refractivity contribution is 4.89. The van der Waals surface area contributed by atoms with Crippen LogP contribution in [0.2, 0.25) is 0 Å². The molecule has 1 aliphatic rings. The molecule has 0 aromatic heterocycles. The van der Waals surface area contributed by atoms with E-state index in [2.05, 4.69) is 51.8 Å². The van der Waals surface area contributed by atoms with Gasteiger partial charge >= 0.3 is 0 Å². The van der Waals surface area contributed by atoms with E-state index >= 15 is 0 Å². The van der Waals surface area contributed by atoms with Crippen LogP contribution in [0.1, 0.15) is 54.4 Å². The van der Waals surface area contributed by atoms with Gasteiger partial charge in [-0.3, -0.25) is 4.90 Å². The molecule has 1 N–H and O–H groups in total. The van der Waals surface area contributed by atoms with Crippen molar-refractivity contribution in [3.8, 4) is 0 Å². The van der Waals surface area contributed by atoms with Crippen molar-refractivity contribution < 1.29 is 0 Å². The first-order chi connectivity index (χ1) is 8.43. The smallest absolute Gasteiger partial charge is 0.0223 e. The maximum Gasteiger partial charge on any atom is 0.0223 e. The van der Waals surface area contributed by atoms with E-state index in [0.717, 1.165) is 23.8 Å². The highest BCUT2D eigenvalue weighted by Gasteiger charge is 2.30. The number of hydrogen-bond donors (Lipinski definition) is 1. The van der Waals surface area contributed by atoms with E-state index in [1.165, 1.54) is 32.5 Å². The number of piperazine rings is 1. The minimum absolute atomic E-state index is 0.692. The van der Waals surface area contributed by atoms with Crippen molar-refractivity contribution in [1.82, 2.24) is 10.2 Å². The highest BCUT2D eigenvalue weighted by Crippen LogP contribution is 2.20. The predicted octanol–water partition coefficient (Wildman–Crippen LogP) is 3.38. The maximum atomic E-state index is 3.79. The minimum Gasteiger partial charge on any atom is -0.311 e. The van der Waals surface area contributed by atoms with E-state index in [4.69, 9.17) is 0 Å². The summed E-state index contributed by atoms with van der Waals surface area (Å²) in [6, 6.07) is 1.44. The second-order valence-electron chi connectivity index (χ2n) is 7.03. The summed E-state index contributed by atoms with van der Waals surface area (Å²) in [6.45, 7) is 17.7. The molecule has 0 saturated carbocycles. The van der Waals surface area contributed by atoms with Crippen LogP contribution in [0.3, 0.4) is 0 Å². The van der Waals surface area contributed by atoms with Crippen LogP contribution >= 0.6 is 0 Å². The fraction of sp³-hybridized carbons (Fsp3) is 1.00. The fourth-order valence-electron chi connectivity index (χ4n) is 3.02. The Balaban J connectivity index is 2.60. The Hall–Kier alpha value is -0.0800. The first-order valence-corrected chi connectivity index (χ1v) is 7.91. The van der Waals surface area contributed by atoms with Crippen LogP contribution < -0.4 is 5.32 Å². The van der Waals surface area contributed by atoms with Crippen molar-refractivity contribution in [2.24, 2.45) is 17.8 Å². The van der Waals surface area contributed by atoms with Crippen molar-refractivity contribution in [3.05, 3.63) is 0 Å². The van der Waals surface area contributed by atoms with Gasteiger partial charge in [-0.1, -0.05) is 48.0 Å². The van der Waals surface area contributed by atoms with E-state index < -0.39 is 0 Å². The average Bonchev–Trinajstić information content (AvgIpc) is 2.29. The van der Waals surface area contributed by atoms with Gasteiger partial charge in [-0.05, 0) is 24.2 Å². The SMILES string of the molecule is CCC(C)C1CN(CC(C)C)C(CC(C)C)CN1. The Bertz CT molecular complexity index is 225. The summed E-state index contributed by atoms with van der Waals surface area (Å²) in [6.07, 6.45) is 2.61. The third kappa shape index (κ3) is 4.89. The third-order valence-corrected chi connectivity index (χ3v) is 4.24. The number of hydrogen-bond acceptors (Lipinski definition) is 2. The summed E-state index contributed by atoms with van der Waals surface area (Å²) in [5.41, 5.74) is 0. The monoisotopic (exact) mass is 254 g/mol. The minimum atomic E-state index is 0.692. The molecule has 0 aromatic rings. The lowest BCUT2D eigenvalue weighted by atomic mass is 9.92. The quantitative estimate of drug-likeness (QED) is 0.782. The Morgan fingerprint density at radius 2 is 1.78 bits per heavy atom. The van der Waals surface area contributed by atoms with Gasteiger partial charge in [0.1, 0.15) is 0 Å². The molecule has 1 aliphatic heterocycles. The summed E-state index contributed by atoms with van der Waals surface area (Å²) in [5.74, 6) is 2.36. The summed E-state index contributed by atoms with van der Waals surface area (Å²) in [5, 5.41) is 3.79. The molecular formula is C16H34N2. The van der Waals surface area contributed by atoms with Crippen molar-refractivity contribution in [1.29, 1.82) is 0 Å². The number of nitrogens with one attached hydrogen (secondary N) is 1. The zero-order chi connectivity index (χ0) is 13.7. The topological polar surface area (TPSA) is 15.3 Å². The molecule has 0 spiro atoms. The molecule has 1 fully saturated rings. The second-order valence-corrected chi connectivity index (χ2v) is 7.03. The Labute approximate surface area is 115 Å². The molecule has 1 heterocycles. The van der Waals surface area contributed by atoms with Crippen molar-refractivity contribution in [2.75, 3.05) is 19.6 Å². The summed E-state index contributed by atoms with van der Waals surface area (Å²) in [4.78, 5) is 2.75. The molecule has 0 amide bonds. The Morgan fingerprint density at radius 3 is 2.28 bits per heavy atom. The van der Waals surface area contributed by atoms with Gasteiger partial charge in [-0.2, -0.15) is 0 Å². The van der Waals surface area contributed by atoms with Crippen LogP contribution in [-0.4, -0.2) is 36.6 Å². The molecule has 0 bridgehead atoms.